The van der Waals surface area contributed by atoms with Crippen LogP contribution in [0.3, 0.4) is 0 Å². The van der Waals surface area contributed by atoms with Gasteiger partial charge in [0, 0.05) is 14.5 Å². The molecule has 0 saturated carbocycles. The molecule has 3 heteroatoms. The van der Waals surface area contributed by atoms with Crippen LogP contribution in [0.4, 0.5) is 0 Å². The Kier molecular flexibility index (Phi) is 3.52. The van der Waals surface area contributed by atoms with E-state index in [1.54, 1.807) is 7.11 Å². The van der Waals surface area contributed by atoms with Gasteiger partial charge in [0.25, 0.3) is 0 Å². The van der Waals surface area contributed by atoms with Crippen LogP contribution in [0, 0.1) is 0 Å². The lowest BCUT2D eigenvalue weighted by Crippen LogP contribution is -1.89. The Hall–Kier alpha value is -0.280. The minimum absolute atomic E-state index is 0.871. The number of hydrogen-bond donors (Lipinski definition) is 0. The number of ether oxygens (including phenoxy) is 1. The number of halogens is 2. The van der Waals surface area contributed by atoms with Crippen LogP contribution in [0.2, 0.25) is 0 Å². The monoisotopic (exact) mass is 330 g/mol. The van der Waals surface area contributed by atoms with E-state index in [0.717, 1.165) is 14.7 Å². The summed E-state index contributed by atoms with van der Waals surface area (Å²) in [7, 11) is 1.68. The van der Waals surface area contributed by atoms with E-state index in [1.165, 1.54) is 30.4 Å². The Morgan fingerprint density at radius 2 is 1.87 bits per heavy atom. The molecule has 0 saturated heterocycles. The molecule has 0 radical (unpaired) electrons. The zero-order valence-corrected chi connectivity index (χ0v) is 11.7. The van der Waals surface area contributed by atoms with E-state index in [-0.39, 0.29) is 0 Å². The van der Waals surface area contributed by atoms with Crippen molar-refractivity contribution < 1.29 is 4.74 Å². The van der Waals surface area contributed by atoms with Gasteiger partial charge in [-0.3, -0.25) is 0 Å². The third kappa shape index (κ3) is 2.28. The SMILES string of the molecule is COc1cc(Br)c(C2=CCCC2)c(Br)c1. The maximum Gasteiger partial charge on any atom is 0.121 e. The number of allylic oxidation sites excluding steroid dienone is 2. The fourth-order valence-electron chi connectivity index (χ4n) is 1.87. The van der Waals surface area contributed by atoms with Crippen LogP contribution < -0.4 is 4.74 Å². The summed E-state index contributed by atoms with van der Waals surface area (Å²) in [6.07, 6.45) is 5.95. The van der Waals surface area contributed by atoms with E-state index < -0.39 is 0 Å². The molecule has 2 rings (SSSR count). The molecule has 0 aromatic heterocycles. The number of rotatable bonds is 2. The quantitative estimate of drug-likeness (QED) is 0.757. The second-order valence-electron chi connectivity index (χ2n) is 3.59. The standard InChI is InChI=1S/C12H12Br2O/c1-15-9-6-10(13)12(11(14)7-9)8-4-2-3-5-8/h4,6-7H,2-3,5H2,1H3. The van der Waals surface area contributed by atoms with E-state index in [2.05, 4.69) is 37.9 Å². The predicted octanol–water partition coefficient (Wildman–Crippen LogP) is 4.79. The van der Waals surface area contributed by atoms with Crippen LogP contribution in [0.1, 0.15) is 24.8 Å². The van der Waals surface area contributed by atoms with Gasteiger partial charge in [-0.05, 0) is 68.8 Å². The first kappa shape index (κ1) is 11.2. The minimum atomic E-state index is 0.871. The average molecular weight is 332 g/mol. The molecule has 1 aliphatic rings. The highest BCUT2D eigenvalue weighted by atomic mass is 79.9. The van der Waals surface area contributed by atoms with Crippen molar-refractivity contribution in [1.82, 2.24) is 0 Å². The highest BCUT2D eigenvalue weighted by molar-refractivity contribution is 9.11. The molecule has 0 fully saturated rings. The van der Waals surface area contributed by atoms with Crippen molar-refractivity contribution >= 4 is 37.4 Å². The van der Waals surface area contributed by atoms with Crippen LogP contribution in [0.5, 0.6) is 5.75 Å². The summed E-state index contributed by atoms with van der Waals surface area (Å²) < 4.78 is 7.41. The van der Waals surface area contributed by atoms with Crippen molar-refractivity contribution in [1.29, 1.82) is 0 Å². The molecule has 0 N–H and O–H groups in total. The first-order valence-electron chi connectivity index (χ1n) is 4.95. The smallest absolute Gasteiger partial charge is 0.121 e. The Bertz CT molecular complexity index is 387. The second kappa shape index (κ2) is 4.71. The van der Waals surface area contributed by atoms with E-state index in [4.69, 9.17) is 4.74 Å². The minimum Gasteiger partial charge on any atom is -0.497 e. The Labute approximate surface area is 107 Å². The number of benzene rings is 1. The van der Waals surface area contributed by atoms with Gasteiger partial charge in [0.05, 0.1) is 7.11 Å². The highest BCUT2D eigenvalue weighted by Crippen LogP contribution is 2.39. The van der Waals surface area contributed by atoms with Crippen LogP contribution >= 0.6 is 31.9 Å². The summed E-state index contributed by atoms with van der Waals surface area (Å²) in [6.45, 7) is 0. The molecule has 1 aliphatic carbocycles. The van der Waals surface area contributed by atoms with Crippen molar-refractivity contribution in [3.63, 3.8) is 0 Å². The summed E-state index contributed by atoms with van der Waals surface area (Å²) in [5.41, 5.74) is 2.70. The molecule has 0 atom stereocenters. The van der Waals surface area contributed by atoms with Crippen LogP contribution in [0.15, 0.2) is 27.2 Å². The average Bonchev–Trinajstić information content (AvgIpc) is 2.69. The Balaban J connectivity index is 2.47. The third-order valence-electron chi connectivity index (χ3n) is 2.61. The maximum atomic E-state index is 5.21. The lowest BCUT2D eigenvalue weighted by atomic mass is 10.1. The van der Waals surface area contributed by atoms with Gasteiger partial charge in [-0.2, -0.15) is 0 Å². The molecule has 0 heterocycles. The number of hydrogen-bond acceptors (Lipinski definition) is 1. The first-order chi connectivity index (χ1) is 7.22. The Morgan fingerprint density at radius 3 is 2.33 bits per heavy atom. The largest absolute Gasteiger partial charge is 0.497 e. The summed E-state index contributed by atoms with van der Waals surface area (Å²) in [6, 6.07) is 4.03. The van der Waals surface area contributed by atoms with Crippen LogP contribution in [-0.2, 0) is 0 Å². The predicted molar refractivity (Wildman–Crippen MR) is 70.2 cm³/mol. The van der Waals surface area contributed by atoms with Crippen LogP contribution in [-0.4, -0.2) is 7.11 Å². The zero-order valence-electron chi connectivity index (χ0n) is 8.52. The molecule has 1 nitrogen and oxygen atoms in total. The van der Waals surface area contributed by atoms with Crippen molar-refractivity contribution in [2.45, 2.75) is 19.3 Å². The van der Waals surface area contributed by atoms with E-state index in [9.17, 15) is 0 Å². The normalized spacial score (nSPS) is 15.3. The molecule has 1 aromatic rings. The molecule has 0 spiro atoms. The fourth-order valence-corrected chi connectivity index (χ4v) is 3.53. The van der Waals surface area contributed by atoms with Gasteiger partial charge in [-0.25, -0.2) is 0 Å². The van der Waals surface area contributed by atoms with Gasteiger partial charge in [-0.15, -0.1) is 0 Å². The van der Waals surface area contributed by atoms with Gasteiger partial charge < -0.3 is 4.74 Å². The highest BCUT2D eigenvalue weighted by Gasteiger charge is 2.14. The summed E-state index contributed by atoms with van der Waals surface area (Å²) >= 11 is 7.20. The maximum absolute atomic E-state index is 5.21. The van der Waals surface area contributed by atoms with Crippen molar-refractivity contribution in [2.24, 2.45) is 0 Å². The molecule has 1 aromatic carbocycles. The van der Waals surface area contributed by atoms with Gasteiger partial charge in [0.1, 0.15) is 5.75 Å². The number of methoxy groups -OCH3 is 1. The molecular weight excluding hydrogens is 320 g/mol. The summed E-state index contributed by atoms with van der Waals surface area (Å²) in [5, 5.41) is 0. The molecule has 0 bridgehead atoms. The first-order valence-corrected chi connectivity index (χ1v) is 6.53. The van der Waals surface area contributed by atoms with E-state index >= 15 is 0 Å². The van der Waals surface area contributed by atoms with Gasteiger partial charge in [0.2, 0.25) is 0 Å². The van der Waals surface area contributed by atoms with E-state index in [0.29, 0.717) is 0 Å². The van der Waals surface area contributed by atoms with Gasteiger partial charge in [0.15, 0.2) is 0 Å². The molecule has 15 heavy (non-hydrogen) atoms. The third-order valence-corrected chi connectivity index (χ3v) is 3.86. The fraction of sp³-hybridized carbons (Fsp3) is 0.333. The zero-order chi connectivity index (χ0) is 10.8. The lowest BCUT2D eigenvalue weighted by Gasteiger charge is -2.10. The lowest BCUT2D eigenvalue weighted by molar-refractivity contribution is 0.414. The molecule has 0 aliphatic heterocycles. The van der Waals surface area contributed by atoms with Gasteiger partial charge in [-0.1, -0.05) is 6.08 Å². The molecule has 80 valence electrons. The van der Waals surface area contributed by atoms with Crippen molar-refractivity contribution in [2.75, 3.05) is 7.11 Å². The molecule has 0 amide bonds. The Morgan fingerprint density at radius 1 is 1.20 bits per heavy atom. The van der Waals surface area contributed by atoms with Crippen LogP contribution in [0.25, 0.3) is 5.57 Å². The molecular formula is C12H12Br2O. The topological polar surface area (TPSA) is 9.23 Å². The molecule has 0 unspecified atom stereocenters. The summed E-state index contributed by atoms with van der Waals surface area (Å²) in [5.74, 6) is 0.871. The second-order valence-corrected chi connectivity index (χ2v) is 5.30. The van der Waals surface area contributed by atoms with Gasteiger partial charge >= 0.3 is 0 Å². The van der Waals surface area contributed by atoms with E-state index in [1.807, 2.05) is 12.1 Å². The van der Waals surface area contributed by atoms with Crippen molar-refractivity contribution in [3.05, 3.63) is 32.7 Å². The van der Waals surface area contributed by atoms with Crippen molar-refractivity contribution in [3.8, 4) is 5.75 Å². The summed E-state index contributed by atoms with van der Waals surface area (Å²) in [4.78, 5) is 0.